The van der Waals surface area contributed by atoms with Gasteiger partial charge in [-0.25, -0.2) is 13.6 Å². The monoisotopic (exact) mass is 305 g/mol. The van der Waals surface area contributed by atoms with Gasteiger partial charge in [0, 0.05) is 4.47 Å². The molecule has 0 aromatic heterocycles. The van der Waals surface area contributed by atoms with Gasteiger partial charge in [-0.2, -0.15) is 0 Å². The smallest absolute Gasteiger partial charge is 0.408 e. The highest BCUT2D eigenvalue weighted by molar-refractivity contribution is 9.10. The zero-order valence-corrected chi connectivity index (χ0v) is 10.6. The number of ether oxygens (including phenoxy) is 1. The van der Waals surface area contributed by atoms with E-state index in [0.29, 0.717) is 10.0 Å². The molecule has 17 heavy (non-hydrogen) atoms. The lowest BCUT2D eigenvalue weighted by molar-refractivity contribution is -0.104. The lowest BCUT2D eigenvalue weighted by atomic mass is 9.99. The Balaban J connectivity index is 2.39. The first-order chi connectivity index (χ1) is 7.90. The van der Waals surface area contributed by atoms with Gasteiger partial charge in [-0.3, -0.25) is 0 Å². The Kier molecular flexibility index (Phi) is 3.07. The van der Waals surface area contributed by atoms with Crippen LogP contribution in [0.4, 0.5) is 13.6 Å². The Bertz CT molecular complexity index is 465. The SMILES string of the molecule is Cc1ccc([C@H]2NC(=O)OCC2(F)F)c(Br)c1. The molecule has 0 bridgehead atoms. The maximum atomic E-state index is 13.6. The molecule has 1 fully saturated rings. The summed E-state index contributed by atoms with van der Waals surface area (Å²) in [6.45, 7) is 0.957. The van der Waals surface area contributed by atoms with Gasteiger partial charge in [0.15, 0.2) is 6.61 Å². The predicted molar refractivity (Wildman–Crippen MR) is 61.1 cm³/mol. The number of nitrogens with one attached hydrogen (secondary N) is 1. The first kappa shape index (κ1) is 12.3. The highest BCUT2D eigenvalue weighted by Crippen LogP contribution is 2.37. The van der Waals surface area contributed by atoms with E-state index in [4.69, 9.17) is 0 Å². The molecule has 0 spiro atoms. The van der Waals surface area contributed by atoms with Gasteiger partial charge in [-0.15, -0.1) is 0 Å². The lowest BCUT2D eigenvalue weighted by Crippen LogP contribution is -2.49. The molecular weight excluding hydrogens is 296 g/mol. The maximum absolute atomic E-state index is 13.6. The lowest BCUT2D eigenvalue weighted by Gasteiger charge is -2.32. The third-order valence-corrected chi connectivity index (χ3v) is 3.23. The number of carbonyl (C=O) groups excluding carboxylic acids is 1. The van der Waals surface area contributed by atoms with Crippen LogP contribution in [0.15, 0.2) is 22.7 Å². The molecule has 1 aromatic carbocycles. The summed E-state index contributed by atoms with van der Waals surface area (Å²) in [4.78, 5) is 11.0. The van der Waals surface area contributed by atoms with Crippen LogP contribution in [0.2, 0.25) is 0 Å². The Morgan fingerprint density at radius 1 is 1.53 bits per heavy atom. The third kappa shape index (κ3) is 2.41. The number of cyclic esters (lactones) is 1. The number of halogens is 3. The minimum absolute atomic E-state index is 0.345. The van der Waals surface area contributed by atoms with Gasteiger partial charge in [0.05, 0.1) is 0 Å². The number of aryl methyl sites for hydroxylation is 1. The largest absolute Gasteiger partial charge is 0.443 e. The second-order valence-electron chi connectivity index (χ2n) is 3.94. The maximum Gasteiger partial charge on any atom is 0.408 e. The Morgan fingerprint density at radius 3 is 2.88 bits per heavy atom. The van der Waals surface area contributed by atoms with Crippen LogP contribution in [0, 0.1) is 6.92 Å². The molecule has 1 aliphatic heterocycles. The molecule has 2 rings (SSSR count). The van der Waals surface area contributed by atoms with Gasteiger partial charge in [-0.1, -0.05) is 28.1 Å². The van der Waals surface area contributed by atoms with Crippen LogP contribution >= 0.6 is 15.9 Å². The van der Waals surface area contributed by atoms with Crippen LogP contribution in [0.25, 0.3) is 0 Å². The average Bonchev–Trinajstić information content (AvgIpc) is 2.23. The molecule has 1 saturated heterocycles. The zero-order chi connectivity index (χ0) is 12.6. The first-order valence-corrected chi connectivity index (χ1v) is 5.76. The van der Waals surface area contributed by atoms with Crippen molar-refractivity contribution in [2.75, 3.05) is 6.61 Å². The number of alkyl halides is 2. The van der Waals surface area contributed by atoms with Crippen molar-refractivity contribution in [2.24, 2.45) is 0 Å². The molecule has 6 heteroatoms. The van der Waals surface area contributed by atoms with Crippen LogP contribution in [-0.4, -0.2) is 18.6 Å². The molecule has 0 unspecified atom stereocenters. The van der Waals surface area contributed by atoms with Crippen molar-refractivity contribution in [1.29, 1.82) is 0 Å². The fraction of sp³-hybridized carbons (Fsp3) is 0.364. The summed E-state index contributed by atoms with van der Waals surface area (Å²) < 4.78 is 32.1. The standard InChI is InChI=1S/C11H10BrF2NO2/c1-6-2-3-7(8(12)4-6)9-11(13,14)5-17-10(16)15-9/h2-4,9H,5H2,1H3,(H,15,16)/t9-/m1/s1. The van der Waals surface area contributed by atoms with Crippen molar-refractivity contribution < 1.29 is 18.3 Å². The fourth-order valence-corrected chi connectivity index (χ4v) is 2.40. The topological polar surface area (TPSA) is 38.3 Å². The van der Waals surface area contributed by atoms with E-state index in [0.717, 1.165) is 5.56 Å². The second kappa shape index (κ2) is 4.25. The number of amides is 1. The number of benzene rings is 1. The van der Waals surface area contributed by atoms with E-state index in [2.05, 4.69) is 26.0 Å². The minimum Gasteiger partial charge on any atom is -0.443 e. The van der Waals surface area contributed by atoms with E-state index in [1.54, 1.807) is 18.2 Å². The summed E-state index contributed by atoms with van der Waals surface area (Å²) in [5.74, 6) is -3.12. The van der Waals surface area contributed by atoms with E-state index in [-0.39, 0.29) is 0 Å². The molecular formula is C11H10BrF2NO2. The van der Waals surface area contributed by atoms with Gasteiger partial charge < -0.3 is 10.1 Å². The van der Waals surface area contributed by atoms with Gasteiger partial charge in [-0.05, 0) is 24.1 Å². The van der Waals surface area contributed by atoms with Crippen molar-refractivity contribution in [3.8, 4) is 0 Å². The predicted octanol–water partition coefficient (Wildman–Crippen LogP) is 3.17. The van der Waals surface area contributed by atoms with Gasteiger partial charge in [0.25, 0.3) is 0 Å². The fourth-order valence-electron chi connectivity index (χ4n) is 1.68. The molecule has 1 aliphatic rings. The third-order valence-electron chi connectivity index (χ3n) is 2.55. The second-order valence-corrected chi connectivity index (χ2v) is 4.79. The van der Waals surface area contributed by atoms with Crippen LogP contribution < -0.4 is 5.32 Å². The summed E-state index contributed by atoms with van der Waals surface area (Å²) >= 11 is 3.23. The summed E-state index contributed by atoms with van der Waals surface area (Å²) in [6.07, 6.45) is -0.826. The highest BCUT2D eigenvalue weighted by atomic mass is 79.9. The van der Waals surface area contributed by atoms with E-state index < -0.39 is 24.7 Å². The molecule has 0 saturated carbocycles. The Labute approximate surface area is 105 Å². The molecule has 1 N–H and O–H groups in total. The molecule has 3 nitrogen and oxygen atoms in total. The van der Waals surface area contributed by atoms with Crippen LogP contribution in [-0.2, 0) is 4.74 Å². The zero-order valence-electron chi connectivity index (χ0n) is 8.97. The summed E-state index contributed by atoms with van der Waals surface area (Å²) in [5.41, 5.74) is 1.29. The molecule has 0 aliphatic carbocycles. The van der Waals surface area contributed by atoms with Crippen molar-refractivity contribution in [3.63, 3.8) is 0 Å². The van der Waals surface area contributed by atoms with E-state index in [1.165, 1.54) is 0 Å². The quantitative estimate of drug-likeness (QED) is 0.865. The van der Waals surface area contributed by atoms with E-state index in [1.807, 2.05) is 6.92 Å². The molecule has 0 radical (unpaired) electrons. The van der Waals surface area contributed by atoms with Crippen molar-refractivity contribution in [2.45, 2.75) is 18.9 Å². The van der Waals surface area contributed by atoms with Gasteiger partial charge in [0.2, 0.25) is 0 Å². The molecule has 1 heterocycles. The van der Waals surface area contributed by atoms with Gasteiger partial charge >= 0.3 is 12.0 Å². The van der Waals surface area contributed by atoms with E-state index >= 15 is 0 Å². The van der Waals surface area contributed by atoms with Crippen LogP contribution in [0.1, 0.15) is 17.2 Å². The first-order valence-electron chi connectivity index (χ1n) is 4.97. The van der Waals surface area contributed by atoms with Crippen molar-refractivity contribution in [1.82, 2.24) is 5.32 Å². The minimum atomic E-state index is -3.12. The average molecular weight is 306 g/mol. The number of carbonyl (C=O) groups is 1. The molecule has 92 valence electrons. The summed E-state index contributed by atoms with van der Waals surface area (Å²) in [7, 11) is 0. The number of rotatable bonds is 1. The van der Waals surface area contributed by atoms with Crippen LogP contribution in [0.3, 0.4) is 0 Å². The van der Waals surface area contributed by atoms with Crippen molar-refractivity contribution in [3.05, 3.63) is 33.8 Å². The Morgan fingerprint density at radius 2 is 2.24 bits per heavy atom. The molecule has 1 atom stereocenters. The molecule has 1 aromatic rings. The summed E-state index contributed by atoms with van der Waals surface area (Å²) in [6, 6.07) is 3.66. The number of hydrogen-bond donors (Lipinski definition) is 1. The van der Waals surface area contributed by atoms with Gasteiger partial charge in [0.1, 0.15) is 6.04 Å². The number of alkyl carbamates (subject to hydrolysis) is 1. The van der Waals surface area contributed by atoms with Crippen molar-refractivity contribution >= 4 is 22.0 Å². The highest BCUT2D eigenvalue weighted by Gasteiger charge is 2.47. The normalized spacial score (nSPS) is 22.8. The Hall–Kier alpha value is -1.17. The summed E-state index contributed by atoms with van der Waals surface area (Å²) in [5, 5.41) is 2.14. The molecule has 1 amide bonds. The van der Waals surface area contributed by atoms with Crippen LogP contribution in [0.5, 0.6) is 0 Å². The number of hydrogen-bond acceptors (Lipinski definition) is 2. The van der Waals surface area contributed by atoms with E-state index in [9.17, 15) is 13.6 Å².